The van der Waals surface area contributed by atoms with Gasteiger partial charge in [0.05, 0.1) is 0 Å². The fraction of sp³-hybridized carbons (Fsp3) is 0.846. The van der Waals surface area contributed by atoms with Crippen LogP contribution >= 0.6 is 0 Å². The molecule has 1 saturated heterocycles. The third-order valence-corrected chi connectivity index (χ3v) is 4.71. The van der Waals surface area contributed by atoms with Crippen molar-refractivity contribution in [3.05, 3.63) is 12.2 Å². The molecule has 0 aromatic carbocycles. The van der Waals surface area contributed by atoms with Crippen molar-refractivity contribution in [2.24, 2.45) is 29.4 Å². The van der Waals surface area contributed by atoms with E-state index >= 15 is 0 Å². The fourth-order valence-electron chi connectivity index (χ4n) is 3.92. The van der Waals surface area contributed by atoms with Crippen LogP contribution in [0.3, 0.4) is 0 Å². The maximum absolute atomic E-state index is 5.58. The van der Waals surface area contributed by atoms with Gasteiger partial charge in [-0.2, -0.15) is 0 Å². The Bertz CT molecular complexity index is 239. The van der Waals surface area contributed by atoms with Crippen LogP contribution in [0.1, 0.15) is 19.3 Å². The molecule has 2 fully saturated rings. The average Bonchev–Trinajstić information content (AvgIpc) is 2.73. The molecule has 0 spiro atoms. The monoisotopic (exact) mass is 206 g/mol. The summed E-state index contributed by atoms with van der Waals surface area (Å²) in [6, 6.07) is 0. The van der Waals surface area contributed by atoms with Gasteiger partial charge in [-0.05, 0) is 56.0 Å². The van der Waals surface area contributed by atoms with E-state index in [1.165, 1.54) is 38.9 Å². The van der Waals surface area contributed by atoms with Crippen molar-refractivity contribution in [1.82, 2.24) is 4.90 Å². The second-order valence-corrected chi connectivity index (χ2v) is 5.52. The van der Waals surface area contributed by atoms with Crippen molar-refractivity contribution >= 4 is 0 Å². The third-order valence-electron chi connectivity index (χ3n) is 4.71. The van der Waals surface area contributed by atoms with Gasteiger partial charge in [0.15, 0.2) is 0 Å². The van der Waals surface area contributed by atoms with E-state index in [1.54, 1.807) is 0 Å². The summed E-state index contributed by atoms with van der Waals surface area (Å²) in [6.45, 7) is 4.76. The summed E-state index contributed by atoms with van der Waals surface area (Å²) in [7, 11) is 0. The van der Waals surface area contributed by atoms with Gasteiger partial charge in [-0.15, -0.1) is 0 Å². The van der Waals surface area contributed by atoms with Gasteiger partial charge in [0.1, 0.15) is 0 Å². The smallest absolute Gasteiger partial charge is 0.00188 e. The van der Waals surface area contributed by atoms with Gasteiger partial charge in [-0.3, -0.25) is 0 Å². The van der Waals surface area contributed by atoms with Crippen LogP contribution in [0.15, 0.2) is 12.2 Å². The van der Waals surface area contributed by atoms with E-state index in [-0.39, 0.29) is 0 Å². The minimum atomic E-state index is 0.844. The van der Waals surface area contributed by atoms with Crippen LogP contribution in [0.4, 0.5) is 0 Å². The highest BCUT2D eigenvalue weighted by Gasteiger charge is 2.45. The number of nitrogens with two attached hydrogens (primary N) is 1. The molecular weight excluding hydrogens is 184 g/mol. The molecule has 2 heteroatoms. The molecule has 4 unspecified atom stereocenters. The van der Waals surface area contributed by atoms with Crippen LogP contribution in [0.25, 0.3) is 0 Å². The van der Waals surface area contributed by atoms with E-state index in [0.717, 1.165) is 30.2 Å². The first-order valence-corrected chi connectivity index (χ1v) is 6.49. The van der Waals surface area contributed by atoms with Crippen LogP contribution in [0.5, 0.6) is 0 Å². The molecule has 3 aliphatic carbocycles. The summed E-state index contributed by atoms with van der Waals surface area (Å²) >= 11 is 0. The first-order chi connectivity index (χ1) is 7.38. The maximum atomic E-state index is 5.58. The zero-order valence-electron chi connectivity index (χ0n) is 9.44. The molecule has 2 N–H and O–H groups in total. The van der Waals surface area contributed by atoms with Gasteiger partial charge in [-0.25, -0.2) is 0 Å². The molecule has 1 heterocycles. The van der Waals surface area contributed by atoms with Gasteiger partial charge in [0.25, 0.3) is 0 Å². The lowest BCUT2D eigenvalue weighted by molar-refractivity contribution is 0.169. The molecule has 84 valence electrons. The van der Waals surface area contributed by atoms with Crippen LogP contribution in [-0.4, -0.2) is 31.1 Å². The minimum Gasteiger partial charge on any atom is -0.330 e. The number of hydrogen-bond acceptors (Lipinski definition) is 2. The lowest BCUT2D eigenvalue weighted by atomic mass is 9.64. The lowest BCUT2D eigenvalue weighted by Crippen LogP contribution is -2.35. The van der Waals surface area contributed by atoms with Crippen molar-refractivity contribution < 1.29 is 0 Å². The molecule has 1 aliphatic heterocycles. The van der Waals surface area contributed by atoms with Crippen molar-refractivity contribution in [1.29, 1.82) is 0 Å². The highest BCUT2D eigenvalue weighted by molar-refractivity contribution is 5.12. The van der Waals surface area contributed by atoms with E-state index in [1.807, 2.05) is 0 Å². The van der Waals surface area contributed by atoms with Crippen LogP contribution in [-0.2, 0) is 0 Å². The first-order valence-electron chi connectivity index (χ1n) is 6.49. The standard InChI is InChI=1S/C13H22N2/c14-6-1-7-15-8-12-10-2-3-11(5-4-10)13(12)9-15/h2-3,10-13H,1,4-9,14H2. The number of fused-ring (bicyclic) bond motifs is 1. The topological polar surface area (TPSA) is 29.3 Å². The molecule has 0 aromatic heterocycles. The Labute approximate surface area is 92.5 Å². The molecule has 0 radical (unpaired) electrons. The van der Waals surface area contributed by atoms with E-state index in [2.05, 4.69) is 17.1 Å². The van der Waals surface area contributed by atoms with E-state index in [0.29, 0.717) is 0 Å². The van der Waals surface area contributed by atoms with Gasteiger partial charge in [-0.1, -0.05) is 12.2 Å². The van der Waals surface area contributed by atoms with E-state index in [4.69, 9.17) is 5.73 Å². The van der Waals surface area contributed by atoms with Gasteiger partial charge in [0, 0.05) is 13.1 Å². The molecule has 0 aromatic rings. The van der Waals surface area contributed by atoms with Crippen molar-refractivity contribution in [2.75, 3.05) is 26.2 Å². The lowest BCUT2D eigenvalue weighted by Gasteiger charge is -2.40. The number of allylic oxidation sites excluding steroid dienone is 2. The van der Waals surface area contributed by atoms with Crippen LogP contribution < -0.4 is 5.73 Å². The quantitative estimate of drug-likeness (QED) is 0.709. The Morgan fingerprint density at radius 3 is 2.13 bits per heavy atom. The highest BCUT2D eigenvalue weighted by atomic mass is 15.2. The molecule has 4 atom stereocenters. The summed E-state index contributed by atoms with van der Waals surface area (Å²) in [5, 5.41) is 0. The molecule has 0 amide bonds. The Morgan fingerprint density at radius 1 is 1.07 bits per heavy atom. The molecule has 2 bridgehead atoms. The minimum absolute atomic E-state index is 0.844. The van der Waals surface area contributed by atoms with Gasteiger partial charge < -0.3 is 10.6 Å². The van der Waals surface area contributed by atoms with Crippen molar-refractivity contribution in [3.8, 4) is 0 Å². The second-order valence-electron chi connectivity index (χ2n) is 5.52. The van der Waals surface area contributed by atoms with Crippen LogP contribution in [0, 0.1) is 23.7 Å². The van der Waals surface area contributed by atoms with Crippen molar-refractivity contribution in [3.63, 3.8) is 0 Å². The largest absolute Gasteiger partial charge is 0.330 e. The SMILES string of the molecule is NCCCN1CC2C3C=CC(CC3)C2C1. The Hall–Kier alpha value is -0.340. The van der Waals surface area contributed by atoms with Crippen LogP contribution in [0.2, 0.25) is 0 Å². The summed E-state index contributed by atoms with van der Waals surface area (Å²) in [4.78, 5) is 2.65. The number of rotatable bonds is 3. The number of nitrogens with zero attached hydrogens (tertiary/aromatic N) is 1. The highest BCUT2D eigenvalue weighted by Crippen LogP contribution is 2.48. The molecule has 2 nitrogen and oxygen atoms in total. The van der Waals surface area contributed by atoms with E-state index < -0.39 is 0 Å². The molecule has 15 heavy (non-hydrogen) atoms. The van der Waals surface area contributed by atoms with E-state index in [9.17, 15) is 0 Å². The van der Waals surface area contributed by atoms with Gasteiger partial charge >= 0.3 is 0 Å². The number of likely N-dealkylation sites (tertiary alicyclic amines) is 1. The fourth-order valence-corrected chi connectivity index (χ4v) is 3.92. The van der Waals surface area contributed by atoms with Gasteiger partial charge in [0.2, 0.25) is 0 Å². The molecule has 1 saturated carbocycles. The summed E-state index contributed by atoms with van der Waals surface area (Å²) < 4.78 is 0. The maximum Gasteiger partial charge on any atom is 0.00188 e. The predicted molar refractivity (Wildman–Crippen MR) is 62.4 cm³/mol. The molecular formula is C13H22N2. The normalized spacial score (nSPS) is 43.5. The first kappa shape index (κ1) is 9.86. The second kappa shape index (κ2) is 3.91. The number of hydrogen-bond donors (Lipinski definition) is 1. The zero-order chi connectivity index (χ0) is 10.3. The molecule has 4 aliphatic rings. The Kier molecular flexibility index (Phi) is 2.57. The Morgan fingerprint density at radius 2 is 1.67 bits per heavy atom. The summed E-state index contributed by atoms with van der Waals surface area (Å²) in [5.74, 6) is 3.77. The zero-order valence-corrected chi connectivity index (χ0v) is 9.44. The molecule has 4 rings (SSSR count). The van der Waals surface area contributed by atoms with Crippen molar-refractivity contribution in [2.45, 2.75) is 19.3 Å². The summed E-state index contributed by atoms with van der Waals surface area (Å²) in [5.41, 5.74) is 5.58. The summed E-state index contributed by atoms with van der Waals surface area (Å²) in [6.07, 6.45) is 9.08. The average molecular weight is 206 g/mol. The Balaban J connectivity index is 1.65. The predicted octanol–water partition coefficient (Wildman–Crippen LogP) is 1.48. The third kappa shape index (κ3) is 1.64.